The number of hydrogen-bond acceptors (Lipinski definition) is 8. The minimum absolute atomic E-state index is 0.204. The van der Waals surface area contributed by atoms with E-state index in [9.17, 15) is 4.79 Å². The molecule has 1 N–H and O–H groups in total. The predicted octanol–water partition coefficient (Wildman–Crippen LogP) is 3.86. The summed E-state index contributed by atoms with van der Waals surface area (Å²) >= 11 is 2.79. The number of ether oxygens (including phenoxy) is 2. The van der Waals surface area contributed by atoms with Crippen molar-refractivity contribution in [1.82, 2.24) is 15.6 Å². The third kappa shape index (κ3) is 7.49. The molecule has 0 unspecified atom stereocenters. The summed E-state index contributed by atoms with van der Waals surface area (Å²) in [7, 11) is 0. The van der Waals surface area contributed by atoms with E-state index >= 15 is 0 Å². The van der Waals surface area contributed by atoms with Gasteiger partial charge in [-0.15, -0.1) is 10.2 Å². The summed E-state index contributed by atoms with van der Waals surface area (Å²) < 4.78 is 12.2. The fourth-order valence-corrected chi connectivity index (χ4v) is 3.99. The van der Waals surface area contributed by atoms with Crippen LogP contribution in [0.3, 0.4) is 0 Å². The van der Waals surface area contributed by atoms with E-state index in [4.69, 9.17) is 9.47 Å². The molecule has 0 atom stereocenters. The monoisotopic (exact) mass is 442 g/mol. The van der Waals surface area contributed by atoms with Gasteiger partial charge in [0.15, 0.2) is 4.34 Å². The first-order valence-corrected chi connectivity index (χ1v) is 11.1. The molecule has 156 valence electrons. The highest BCUT2D eigenvalue weighted by atomic mass is 32.2. The standard InChI is InChI=1S/C21H22N4O3S2/c1-15-5-3-7-18(11-15)27-9-10-28-19-8-4-6-17(12-19)13-22-24-20(26)14-29-21-25-23-16(2)30-21/h3-8,11-13H,9-10,14H2,1-2H3,(H,24,26). The molecule has 0 aliphatic carbocycles. The average molecular weight is 443 g/mol. The molecular formula is C21H22N4O3S2. The van der Waals surface area contributed by atoms with Crippen LogP contribution >= 0.6 is 23.1 Å². The van der Waals surface area contributed by atoms with Gasteiger partial charge in [-0.1, -0.05) is 47.4 Å². The number of carbonyl (C=O) groups excluding carboxylic acids is 1. The molecule has 0 spiro atoms. The normalized spacial score (nSPS) is 10.9. The molecule has 2 aromatic carbocycles. The molecule has 0 bridgehead atoms. The van der Waals surface area contributed by atoms with Crippen LogP contribution in [0, 0.1) is 13.8 Å². The van der Waals surface area contributed by atoms with E-state index in [0.29, 0.717) is 19.0 Å². The maximum atomic E-state index is 11.9. The van der Waals surface area contributed by atoms with E-state index in [-0.39, 0.29) is 11.7 Å². The van der Waals surface area contributed by atoms with E-state index in [1.165, 1.54) is 23.1 Å². The molecule has 1 amide bonds. The number of benzene rings is 2. The Morgan fingerprint density at radius 3 is 2.53 bits per heavy atom. The lowest BCUT2D eigenvalue weighted by atomic mass is 10.2. The Hall–Kier alpha value is -2.91. The zero-order chi connectivity index (χ0) is 21.2. The Balaban J connectivity index is 1.39. The fourth-order valence-electron chi connectivity index (χ4n) is 2.38. The highest BCUT2D eigenvalue weighted by molar-refractivity contribution is 8.01. The first-order valence-electron chi connectivity index (χ1n) is 9.25. The predicted molar refractivity (Wildman–Crippen MR) is 120 cm³/mol. The van der Waals surface area contributed by atoms with Gasteiger partial charge in [-0.3, -0.25) is 4.79 Å². The SMILES string of the molecule is Cc1cccc(OCCOc2cccc(C=NNC(=O)CSc3nnc(C)s3)c2)c1. The summed E-state index contributed by atoms with van der Waals surface area (Å²) in [4.78, 5) is 11.9. The number of hydrogen-bond donors (Lipinski definition) is 1. The van der Waals surface area contributed by atoms with Crippen molar-refractivity contribution in [1.29, 1.82) is 0 Å². The van der Waals surface area contributed by atoms with Crippen LogP contribution in [0.15, 0.2) is 58.0 Å². The van der Waals surface area contributed by atoms with Crippen LogP contribution in [0.25, 0.3) is 0 Å². The van der Waals surface area contributed by atoms with Gasteiger partial charge in [0.25, 0.3) is 5.91 Å². The van der Waals surface area contributed by atoms with Crippen LogP contribution in [-0.4, -0.2) is 41.3 Å². The van der Waals surface area contributed by atoms with E-state index < -0.39 is 0 Å². The largest absolute Gasteiger partial charge is 0.490 e. The summed E-state index contributed by atoms with van der Waals surface area (Å²) in [6, 6.07) is 15.4. The Morgan fingerprint density at radius 1 is 1.10 bits per heavy atom. The summed E-state index contributed by atoms with van der Waals surface area (Å²) in [5.74, 6) is 1.57. The lowest BCUT2D eigenvalue weighted by molar-refractivity contribution is -0.118. The molecule has 0 radical (unpaired) electrons. The van der Waals surface area contributed by atoms with Crippen LogP contribution in [0.5, 0.6) is 11.5 Å². The van der Waals surface area contributed by atoms with Crippen LogP contribution in [0.1, 0.15) is 16.1 Å². The lowest BCUT2D eigenvalue weighted by Crippen LogP contribution is -2.19. The molecule has 0 fully saturated rings. The lowest BCUT2D eigenvalue weighted by Gasteiger charge is -2.09. The minimum Gasteiger partial charge on any atom is -0.490 e. The van der Waals surface area contributed by atoms with Gasteiger partial charge >= 0.3 is 0 Å². The molecule has 0 saturated heterocycles. The second-order valence-corrected chi connectivity index (χ2v) is 8.66. The number of nitrogens with zero attached hydrogens (tertiary/aromatic N) is 3. The summed E-state index contributed by atoms with van der Waals surface area (Å²) in [6.45, 7) is 4.77. The second kappa shape index (κ2) is 11.3. The second-order valence-electron chi connectivity index (χ2n) is 6.25. The zero-order valence-electron chi connectivity index (χ0n) is 16.7. The van der Waals surface area contributed by atoms with E-state index in [1.807, 2.05) is 62.4 Å². The van der Waals surface area contributed by atoms with Gasteiger partial charge in [-0.2, -0.15) is 5.10 Å². The Kier molecular flexibility index (Phi) is 8.22. The molecule has 1 aromatic heterocycles. The van der Waals surface area contributed by atoms with E-state index in [2.05, 4.69) is 20.7 Å². The number of rotatable bonds is 10. The molecule has 0 aliphatic heterocycles. The first kappa shape index (κ1) is 21.8. The van der Waals surface area contributed by atoms with E-state index in [1.54, 1.807) is 6.21 Å². The van der Waals surface area contributed by atoms with Crippen molar-refractivity contribution in [2.24, 2.45) is 5.10 Å². The van der Waals surface area contributed by atoms with Gasteiger partial charge in [0.2, 0.25) is 0 Å². The van der Waals surface area contributed by atoms with Gasteiger partial charge in [-0.05, 0) is 49.2 Å². The summed E-state index contributed by atoms with van der Waals surface area (Å²) in [5, 5.41) is 12.8. The number of thioether (sulfide) groups is 1. The molecule has 9 heteroatoms. The molecule has 3 aromatic rings. The number of nitrogens with one attached hydrogen (secondary N) is 1. The third-order valence-corrected chi connectivity index (χ3v) is 5.68. The number of aromatic nitrogens is 2. The smallest absolute Gasteiger partial charge is 0.250 e. The maximum Gasteiger partial charge on any atom is 0.250 e. The van der Waals surface area contributed by atoms with Crippen molar-refractivity contribution in [2.75, 3.05) is 19.0 Å². The van der Waals surface area contributed by atoms with Crippen molar-refractivity contribution in [3.63, 3.8) is 0 Å². The van der Waals surface area contributed by atoms with Crippen molar-refractivity contribution < 1.29 is 14.3 Å². The number of amides is 1. The molecular weight excluding hydrogens is 420 g/mol. The Labute approximate surface area is 183 Å². The topological polar surface area (TPSA) is 85.7 Å². The van der Waals surface area contributed by atoms with Gasteiger partial charge in [0.05, 0.1) is 12.0 Å². The summed E-state index contributed by atoms with van der Waals surface area (Å²) in [6.07, 6.45) is 1.58. The number of carbonyl (C=O) groups is 1. The Bertz CT molecular complexity index is 1010. The Morgan fingerprint density at radius 2 is 1.83 bits per heavy atom. The average Bonchev–Trinajstić information content (AvgIpc) is 3.15. The summed E-state index contributed by atoms with van der Waals surface area (Å²) in [5.41, 5.74) is 4.48. The maximum absolute atomic E-state index is 11.9. The van der Waals surface area contributed by atoms with Gasteiger partial charge in [0.1, 0.15) is 29.7 Å². The van der Waals surface area contributed by atoms with Crippen molar-refractivity contribution >= 4 is 35.2 Å². The molecule has 0 saturated carbocycles. The van der Waals surface area contributed by atoms with Crippen LogP contribution in [-0.2, 0) is 4.79 Å². The minimum atomic E-state index is -0.204. The molecule has 1 heterocycles. The van der Waals surface area contributed by atoms with Crippen molar-refractivity contribution in [3.05, 3.63) is 64.7 Å². The zero-order valence-corrected chi connectivity index (χ0v) is 18.3. The highest BCUT2D eigenvalue weighted by Crippen LogP contribution is 2.21. The molecule has 3 rings (SSSR count). The number of hydrazone groups is 1. The molecule has 30 heavy (non-hydrogen) atoms. The van der Waals surface area contributed by atoms with E-state index in [0.717, 1.165) is 26.2 Å². The van der Waals surface area contributed by atoms with Crippen LogP contribution in [0.2, 0.25) is 0 Å². The van der Waals surface area contributed by atoms with Crippen molar-refractivity contribution in [2.45, 2.75) is 18.2 Å². The van der Waals surface area contributed by atoms with Crippen LogP contribution < -0.4 is 14.9 Å². The van der Waals surface area contributed by atoms with Gasteiger partial charge < -0.3 is 9.47 Å². The number of aryl methyl sites for hydroxylation is 2. The van der Waals surface area contributed by atoms with Crippen LogP contribution in [0.4, 0.5) is 0 Å². The van der Waals surface area contributed by atoms with Gasteiger partial charge in [-0.25, -0.2) is 5.43 Å². The fraction of sp³-hybridized carbons (Fsp3) is 0.238. The quantitative estimate of drug-likeness (QED) is 0.222. The van der Waals surface area contributed by atoms with Gasteiger partial charge in [0, 0.05) is 0 Å². The first-order chi connectivity index (χ1) is 14.6. The third-order valence-electron chi connectivity index (χ3n) is 3.71. The molecule has 0 aliphatic rings. The highest BCUT2D eigenvalue weighted by Gasteiger charge is 2.05. The van der Waals surface area contributed by atoms with Crippen molar-refractivity contribution in [3.8, 4) is 11.5 Å². The molecule has 7 nitrogen and oxygen atoms in total.